The number of likely N-dealkylation sites (tertiary alicyclic amines) is 1. The average Bonchev–Trinajstić information content (AvgIpc) is 2.63. The lowest BCUT2D eigenvalue weighted by atomic mass is 10.0. The zero-order valence-corrected chi connectivity index (χ0v) is 10.0. The first-order valence-electron chi connectivity index (χ1n) is 5.44. The highest BCUT2D eigenvalue weighted by atomic mass is 35.5. The van der Waals surface area contributed by atoms with Crippen molar-refractivity contribution >= 4 is 17.5 Å². The Hall–Kier alpha value is -0.240. The van der Waals surface area contributed by atoms with E-state index < -0.39 is 0 Å². The van der Waals surface area contributed by atoms with Crippen LogP contribution in [0, 0.1) is 11.8 Å². The largest absolute Gasteiger partial charge is 0.339 e. The minimum absolute atomic E-state index is 0.0315. The summed E-state index contributed by atoms with van der Waals surface area (Å²) in [6, 6.07) is 0.438. The van der Waals surface area contributed by atoms with E-state index in [2.05, 4.69) is 13.8 Å². The van der Waals surface area contributed by atoms with Crippen molar-refractivity contribution in [2.75, 3.05) is 12.4 Å². The SMILES string of the molecule is CC(CCl)C(=O)N1CCCC1C(C)C. The van der Waals surface area contributed by atoms with Crippen LogP contribution in [0.3, 0.4) is 0 Å². The fourth-order valence-electron chi connectivity index (χ4n) is 2.11. The molecule has 1 heterocycles. The van der Waals surface area contributed by atoms with Crippen LogP contribution in [0.5, 0.6) is 0 Å². The van der Waals surface area contributed by atoms with Gasteiger partial charge in [-0.15, -0.1) is 11.6 Å². The summed E-state index contributed by atoms with van der Waals surface area (Å²) in [5.41, 5.74) is 0. The third-order valence-electron chi connectivity index (χ3n) is 3.00. The van der Waals surface area contributed by atoms with Gasteiger partial charge in [0, 0.05) is 24.4 Å². The molecule has 0 bridgehead atoms. The van der Waals surface area contributed by atoms with Gasteiger partial charge in [0.2, 0.25) is 5.91 Å². The van der Waals surface area contributed by atoms with Crippen molar-refractivity contribution in [2.45, 2.75) is 39.7 Å². The molecule has 1 amide bonds. The van der Waals surface area contributed by atoms with Crippen molar-refractivity contribution in [3.8, 4) is 0 Å². The molecule has 0 N–H and O–H groups in total. The van der Waals surface area contributed by atoms with Crippen LogP contribution in [0.15, 0.2) is 0 Å². The smallest absolute Gasteiger partial charge is 0.226 e. The number of amides is 1. The highest BCUT2D eigenvalue weighted by Gasteiger charge is 2.32. The molecule has 1 saturated heterocycles. The monoisotopic (exact) mass is 217 g/mol. The molecule has 0 aromatic carbocycles. The summed E-state index contributed by atoms with van der Waals surface area (Å²) in [6.07, 6.45) is 2.29. The molecule has 0 saturated carbocycles. The first-order valence-corrected chi connectivity index (χ1v) is 5.97. The third-order valence-corrected chi connectivity index (χ3v) is 3.47. The van der Waals surface area contributed by atoms with Crippen LogP contribution in [0.25, 0.3) is 0 Å². The highest BCUT2D eigenvalue weighted by Crippen LogP contribution is 2.25. The maximum Gasteiger partial charge on any atom is 0.226 e. The van der Waals surface area contributed by atoms with E-state index in [4.69, 9.17) is 11.6 Å². The molecule has 2 nitrogen and oxygen atoms in total. The van der Waals surface area contributed by atoms with Gasteiger partial charge in [-0.25, -0.2) is 0 Å². The van der Waals surface area contributed by atoms with E-state index in [1.165, 1.54) is 0 Å². The molecule has 2 atom stereocenters. The Balaban J connectivity index is 2.62. The van der Waals surface area contributed by atoms with Crippen LogP contribution in [-0.2, 0) is 4.79 Å². The van der Waals surface area contributed by atoms with Gasteiger partial charge in [-0.1, -0.05) is 20.8 Å². The van der Waals surface area contributed by atoms with Crippen LogP contribution in [0.4, 0.5) is 0 Å². The predicted octanol–water partition coefficient (Wildman–Crippen LogP) is 2.51. The Bertz CT molecular complexity index is 205. The molecule has 82 valence electrons. The second-order valence-corrected chi connectivity index (χ2v) is 4.85. The summed E-state index contributed by atoms with van der Waals surface area (Å²) >= 11 is 5.71. The fraction of sp³-hybridized carbons (Fsp3) is 0.909. The Morgan fingerprint density at radius 1 is 1.50 bits per heavy atom. The topological polar surface area (TPSA) is 20.3 Å². The van der Waals surface area contributed by atoms with Gasteiger partial charge in [-0.05, 0) is 18.8 Å². The average molecular weight is 218 g/mol. The third kappa shape index (κ3) is 2.41. The summed E-state index contributed by atoms with van der Waals surface area (Å²) in [6.45, 7) is 7.19. The molecule has 1 fully saturated rings. The lowest BCUT2D eigenvalue weighted by Crippen LogP contribution is -2.41. The number of rotatable bonds is 3. The zero-order valence-electron chi connectivity index (χ0n) is 9.29. The van der Waals surface area contributed by atoms with E-state index in [9.17, 15) is 4.79 Å². The van der Waals surface area contributed by atoms with Crippen molar-refractivity contribution in [1.29, 1.82) is 0 Å². The van der Waals surface area contributed by atoms with Crippen molar-refractivity contribution in [1.82, 2.24) is 4.90 Å². The molecule has 0 aromatic rings. The number of alkyl halides is 1. The van der Waals surface area contributed by atoms with Crippen LogP contribution in [0.2, 0.25) is 0 Å². The highest BCUT2D eigenvalue weighted by molar-refractivity contribution is 6.19. The molecule has 3 heteroatoms. The van der Waals surface area contributed by atoms with Crippen LogP contribution in [0.1, 0.15) is 33.6 Å². The van der Waals surface area contributed by atoms with Gasteiger partial charge in [0.15, 0.2) is 0 Å². The number of hydrogen-bond acceptors (Lipinski definition) is 1. The molecule has 1 rings (SSSR count). The number of carbonyl (C=O) groups excluding carboxylic acids is 1. The van der Waals surface area contributed by atoms with E-state index in [0.717, 1.165) is 19.4 Å². The molecule has 0 spiro atoms. The Morgan fingerprint density at radius 3 is 2.64 bits per heavy atom. The van der Waals surface area contributed by atoms with E-state index in [1.807, 2.05) is 11.8 Å². The van der Waals surface area contributed by atoms with Crippen LogP contribution in [-0.4, -0.2) is 29.3 Å². The molecule has 0 aliphatic carbocycles. The van der Waals surface area contributed by atoms with Gasteiger partial charge in [0.1, 0.15) is 0 Å². The Labute approximate surface area is 91.6 Å². The summed E-state index contributed by atoms with van der Waals surface area (Å²) in [5, 5.41) is 0. The molecule has 0 radical (unpaired) electrons. The summed E-state index contributed by atoms with van der Waals surface area (Å²) in [4.78, 5) is 14.0. The summed E-state index contributed by atoms with van der Waals surface area (Å²) in [7, 11) is 0. The summed E-state index contributed by atoms with van der Waals surface area (Å²) < 4.78 is 0. The van der Waals surface area contributed by atoms with Gasteiger partial charge in [-0.2, -0.15) is 0 Å². The van der Waals surface area contributed by atoms with E-state index >= 15 is 0 Å². The van der Waals surface area contributed by atoms with Gasteiger partial charge >= 0.3 is 0 Å². The number of carbonyl (C=O) groups is 1. The van der Waals surface area contributed by atoms with Gasteiger partial charge in [0.25, 0.3) is 0 Å². The lowest BCUT2D eigenvalue weighted by molar-refractivity contribution is -0.135. The molecule has 0 aromatic heterocycles. The second-order valence-electron chi connectivity index (χ2n) is 4.54. The standard InChI is InChI=1S/C11H20ClNO/c1-8(2)10-5-4-6-13(10)11(14)9(3)7-12/h8-10H,4-7H2,1-3H3. The van der Waals surface area contributed by atoms with Gasteiger partial charge in [0.05, 0.1) is 0 Å². The molecular weight excluding hydrogens is 198 g/mol. The predicted molar refractivity (Wildman–Crippen MR) is 59.5 cm³/mol. The fourth-order valence-corrected chi connectivity index (χ4v) is 2.24. The van der Waals surface area contributed by atoms with Gasteiger partial charge in [-0.3, -0.25) is 4.79 Å². The minimum atomic E-state index is -0.0315. The Kier molecular flexibility index (Phi) is 4.24. The molecule has 14 heavy (non-hydrogen) atoms. The molecule has 1 aliphatic heterocycles. The maximum atomic E-state index is 11.9. The van der Waals surface area contributed by atoms with E-state index in [0.29, 0.717) is 17.8 Å². The van der Waals surface area contributed by atoms with Crippen LogP contribution < -0.4 is 0 Å². The summed E-state index contributed by atoms with van der Waals surface area (Å²) in [5.74, 6) is 1.19. The van der Waals surface area contributed by atoms with E-state index in [1.54, 1.807) is 0 Å². The molecule has 1 aliphatic rings. The lowest BCUT2D eigenvalue weighted by Gasteiger charge is -2.29. The second kappa shape index (κ2) is 5.01. The molecule has 2 unspecified atom stereocenters. The van der Waals surface area contributed by atoms with Crippen molar-refractivity contribution in [3.05, 3.63) is 0 Å². The maximum absolute atomic E-state index is 11.9. The molecular formula is C11H20ClNO. The number of hydrogen-bond donors (Lipinski definition) is 0. The van der Waals surface area contributed by atoms with Gasteiger partial charge < -0.3 is 4.90 Å². The van der Waals surface area contributed by atoms with Crippen LogP contribution >= 0.6 is 11.6 Å². The first-order chi connectivity index (χ1) is 6.57. The van der Waals surface area contributed by atoms with Crippen molar-refractivity contribution < 1.29 is 4.79 Å². The van der Waals surface area contributed by atoms with Crippen molar-refractivity contribution in [3.63, 3.8) is 0 Å². The zero-order chi connectivity index (χ0) is 10.7. The Morgan fingerprint density at radius 2 is 2.14 bits per heavy atom. The minimum Gasteiger partial charge on any atom is -0.339 e. The van der Waals surface area contributed by atoms with E-state index in [-0.39, 0.29) is 11.8 Å². The number of halogens is 1. The number of nitrogens with zero attached hydrogens (tertiary/aromatic N) is 1. The normalized spacial score (nSPS) is 24.4. The quantitative estimate of drug-likeness (QED) is 0.666. The van der Waals surface area contributed by atoms with Crippen molar-refractivity contribution in [2.24, 2.45) is 11.8 Å². The first kappa shape index (κ1) is 11.8.